The van der Waals surface area contributed by atoms with Crippen molar-refractivity contribution in [3.8, 4) is 0 Å². The van der Waals surface area contributed by atoms with Gasteiger partial charge in [0.05, 0.1) is 0 Å². The van der Waals surface area contributed by atoms with Gasteiger partial charge >= 0.3 is 6.03 Å². The lowest BCUT2D eigenvalue weighted by atomic mass is 9.99. The molecular weight excluding hydrogens is 266 g/mol. The van der Waals surface area contributed by atoms with E-state index < -0.39 is 0 Å². The fourth-order valence-corrected chi connectivity index (χ4v) is 4.17. The lowest BCUT2D eigenvalue weighted by molar-refractivity contribution is 0.127. The van der Waals surface area contributed by atoms with Crippen LogP contribution < -0.4 is 5.32 Å². The van der Waals surface area contributed by atoms with E-state index >= 15 is 0 Å². The van der Waals surface area contributed by atoms with Gasteiger partial charge in [0.2, 0.25) is 0 Å². The monoisotopic (exact) mass is 295 g/mol. The van der Waals surface area contributed by atoms with E-state index in [1.54, 1.807) is 0 Å². The highest BCUT2D eigenvalue weighted by molar-refractivity contribution is 5.74. The molecule has 2 amide bonds. The summed E-state index contributed by atoms with van der Waals surface area (Å²) in [6, 6.07) is 1.15. The molecule has 120 valence electrons. The molecule has 0 spiro atoms. The zero-order valence-corrected chi connectivity index (χ0v) is 13.0. The molecule has 0 radical (unpaired) electrons. The second-order valence-corrected chi connectivity index (χ2v) is 7.01. The molecule has 0 aromatic rings. The Kier molecular flexibility index (Phi) is 5.01. The third kappa shape index (κ3) is 3.69. The number of nitrogens with zero attached hydrogens (tertiary/aromatic N) is 2. The van der Waals surface area contributed by atoms with Gasteiger partial charge in [0.15, 0.2) is 0 Å². The number of nitrogens with one attached hydrogen (secondary N) is 1. The van der Waals surface area contributed by atoms with Gasteiger partial charge in [0, 0.05) is 44.9 Å². The van der Waals surface area contributed by atoms with Gasteiger partial charge in [-0.3, -0.25) is 4.90 Å². The number of aliphatic hydroxyl groups excluding tert-OH is 1. The zero-order chi connectivity index (χ0) is 14.7. The first-order valence-corrected chi connectivity index (χ1v) is 8.66. The predicted molar refractivity (Wildman–Crippen MR) is 82.1 cm³/mol. The van der Waals surface area contributed by atoms with Crippen LogP contribution in [0.1, 0.15) is 44.9 Å². The van der Waals surface area contributed by atoms with Crippen molar-refractivity contribution < 1.29 is 9.90 Å². The van der Waals surface area contributed by atoms with E-state index in [0.29, 0.717) is 12.6 Å². The Morgan fingerprint density at radius 2 is 1.86 bits per heavy atom. The Morgan fingerprint density at radius 1 is 1.05 bits per heavy atom. The molecule has 0 aromatic carbocycles. The van der Waals surface area contributed by atoms with Gasteiger partial charge in [-0.15, -0.1) is 0 Å². The van der Waals surface area contributed by atoms with Crippen molar-refractivity contribution in [2.75, 3.05) is 32.8 Å². The number of amides is 2. The maximum atomic E-state index is 12.4. The van der Waals surface area contributed by atoms with Crippen molar-refractivity contribution in [2.45, 2.75) is 57.0 Å². The summed E-state index contributed by atoms with van der Waals surface area (Å²) >= 11 is 0. The second kappa shape index (κ2) is 6.97. The number of likely N-dealkylation sites (tertiary alicyclic amines) is 2. The first kappa shape index (κ1) is 15.1. The standard InChI is InChI=1S/C16H29N3O2/c20-12-13-4-3-8-19(10-13)16(21)17-14-7-9-18(11-14)15-5-1-2-6-15/h13-15,20H,1-12H2,(H,17,21). The Balaban J connectivity index is 1.44. The number of piperidine rings is 1. The van der Waals surface area contributed by atoms with Crippen LogP contribution in [0.5, 0.6) is 0 Å². The third-order valence-electron chi connectivity index (χ3n) is 5.45. The minimum absolute atomic E-state index is 0.0754. The Morgan fingerprint density at radius 3 is 2.62 bits per heavy atom. The van der Waals surface area contributed by atoms with Crippen LogP contribution in [0.3, 0.4) is 0 Å². The molecule has 5 heteroatoms. The van der Waals surface area contributed by atoms with Gasteiger partial charge in [-0.2, -0.15) is 0 Å². The van der Waals surface area contributed by atoms with Crippen LogP contribution in [-0.2, 0) is 0 Å². The zero-order valence-electron chi connectivity index (χ0n) is 13.0. The highest BCUT2D eigenvalue weighted by Gasteiger charge is 2.32. The molecule has 2 unspecified atom stereocenters. The lowest BCUT2D eigenvalue weighted by Crippen LogP contribution is -2.50. The number of aliphatic hydroxyl groups is 1. The number of carbonyl (C=O) groups excluding carboxylic acids is 1. The number of urea groups is 1. The summed E-state index contributed by atoms with van der Waals surface area (Å²) in [4.78, 5) is 16.8. The van der Waals surface area contributed by atoms with Crippen LogP contribution in [0.25, 0.3) is 0 Å². The topological polar surface area (TPSA) is 55.8 Å². The molecule has 21 heavy (non-hydrogen) atoms. The first-order valence-electron chi connectivity index (χ1n) is 8.66. The average Bonchev–Trinajstić information content (AvgIpc) is 3.18. The van der Waals surface area contributed by atoms with E-state index in [0.717, 1.165) is 44.9 Å². The molecule has 2 atom stereocenters. The van der Waals surface area contributed by atoms with Crippen LogP contribution in [0.2, 0.25) is 0 Å². The molecule has 3 rings (SSSR count). The van der Waals surface area contributed by atoms with Crippen LogP contribution >= 0.6 is 0 Å². The molecule has 2 saturated heterocycles. The Bertz CT molecular complexity index is 357. The smallest absolute Gasteiger partial charge is 0.317 e. The molecule has 3 fully saturated rings. The van der Waals surface area contributed by atoms with E-state index in [1.807, 2.05) is 4.90 Å². The third-order valence-corrected chi connectivity index (χ3v) is 5.45. The molecule has 2 N–H and O–H groups in total. The van der Waals surface area contributed by atoms with Crippen molar-refractivity contribution in [1.29, 1.82) is 0 Å². The molecule has 2 heterocycles. The quantitative estimate of drug-likeness (QED) is 0.828. The number of hydrogen-bond donors (Lipinski definition) is 2. The molecule has 3 aliphatic rings. The summed E-state index contributed by atoms with van der Waals surface area (Å²) in [6.07, 6.45) is 8.55. The highest BCUT2D eigenvalue weighted by atomic mass is 16.3. The number of hydrogen-bond acceptors (Lipinski definition) is 3. The summed E-state index contributed by atoms with van der Waals surface area (Å²) in [5.41, 5.74) is 0. The van der Waals surface area contributed by atoms with Crippen molar-refractivity contribution in [2.24, 2.45) is 5.92 Å². The minimum atomic E-state index is 0.0754. The Hall–Kier alpha value is -0.810. The van der Waals surface area contributed by atoms with Gasteiger partial charge in [0.1, 0.15) is 0 Å². The van der Waals surface area contributed by atoms with Crippen molar-refractivity contribution in [1.82, 2.24) is 15.1 Å². The van der Waals surface area contributed by atoms with Crippen LogP contribution in [0.15, 0.2) is 0 Å². The normalized spacial score (nSPS) is 31.8. The van der Waals surface area contributed by atoms with Crippen molar-refractivity contribution >= 4 is 6.03 Å². The largest absolute Gasteiger partial charge is 0.396 e. The van der Waals surface area contributed by atoms with Gasteiger partial charge in [0.25, 0.3) is 0 Å². The van der Waals surface area contributed by atoms with Crippen LogP contribution in [-0.4, -0.2) is 65.8 Å². The van der Waals surface area contributed by atoms with Crippen molar-refractivity contribution in [3.05, 3.63) is 0 Å². The summed E-state index contributed by atoms with van der Waals surface area (Å²) < 4.78 is 0. The van der Waals surface area contributed by atoms with Crippen LogP contribution in [0.4, 0.5) is 4.79 Å². The molecule has 0 bridgehead atoms. The summed E-state index contributed by atoms with van der Waals surface area (Å²) in [5, 5.41) is 12.5. The molecular formula is C16H29N3O2. The fourth-order valence-electron chi connectivity index (χ4n) is 4.17. The van der Waals surface area contributed by atoms with E-state index in [2.05, 4.69) is 10.2 Å². The van der Waals surface area contributed by atoms with Gasteiger partial charge in [-0.25, -0.2) is 4.79 Å². The number of rotatable bonds is 3. The van der Waals surface area contributed by atoms with E-state index in [4.69, 9.17) is 0 Å². The molecule has 2 aliphatic heterocycles. The van der Waals surface area contributed by atoms with Gasteiger partial charge in [-0.05, 0) is 38.0 Å². The van der Waals surface area contributed by atoms with Crippen LogP contribution in [0, 0.1) is 5.92 Å². The maximum Gasteiger partial charge on any atom is 0.317 e. The molecule has 1 saturated carbocycles. The molecule has 5 nitrogen and oxygen atoms in total. The average molecular weight is 295 g/mol. The SMILES string of the molecule is O=C(NC1CCN(C2CCCC2)C1)N1CCCC(CO)C1. The molecule has 1 aliphatic carbocycles. The fraction of sp³-hybridized carbons (Fsp3) is 0.938. The first-order chi connectivity index (χ1) is 10.3. The summed E-state index contributed by atoms with van der Waals surface area (Å²) in [7, 11) is 0. The summed E-state index contributed by atoms with van der Waals surface area (Å²) in [6.45, 7) is 3.90. The highest BCUT2D eigenvalue weighted by Crippen LogP contribution is 2.26. The lowest BCUT2D eigenvalue weighted by Gasteiger charge is -2.32. The maximum absolute atomic E-state index is 12.4. The van der Waals surface area contributed by atoms with E-state index in [9.17, 15) is 9.90 Å². The van der Waals surface area contributed by atoms with Gasteiger partial charge < -0.3 is 15.3 Å². The van der Waals surface area contributed by atoms with Crippen molar-refractivity contribution in [3.63, 3.8) is 0 Å². The number of carbonyl (C=O) groups is 1. The van der Waals surface area contributed by atoms with Gasteiger partial charge in [-0.1, -0.05) is 12.8 Å². The van der Waals surface area contributed by atoms with E-state index in [1.165, 1.54) is 25.7 Å². The summed E-state index contributed by atoms with van der Waals surface area (Å²) in [5.74, 6) is 0.267. The predicted octanol–water partition coefficient (Wildman–Crippen LogP) is 1.42. The second-order valence-electron chi connectivity index (χ2n) is 7.01. The van der Waals surface area contributed by atoms with E-state index in [-0.39, 0.29) is 18.6 Å². The Labute approximate surface area is 127 Å². The minimum Gasteiger partial charge on any atom is -0.396 e. The molecule has 0 aromatic heterocycles.